The topological polar surface area (TPSA) is 66.8 Å². The lowest BCUT2D eigenvalue weighted by molar-refractivity contribution is -0.169. The van der Waals surface area contributed by atoms with E-state index < -0.39 is 16.6 Å². The van der Waals surface area contributed by atoms with E-state index >= 15 is 0 Å². The van der Waals surface area contributed by atoms with Crippen LogP contribution >= 0.6 is 0 Å². The van der Waals surface area contributed by atoms with Crippen molar-refractivity contribution in [3.05, 3.63) is 0 Å². The standard InChI is InChI=1S/C18H34O4/c1-8-16(2,3)15(19)22-14-10-12(17(4,5)20)9-13(11-14)18(6,7)21/h12-14,20-21H,8-11H2,1-7H3/t12-,13+,14-. The number of aliphatic hydroxyl groups is 2. The third-order valence-electron chi connectivity index (χ3n) is 5.37. The number of ether oxygens (including phenoxy) is 1. The maximum Gasteiger partial charge on any atom is 0.311 e. The summed E-state index contributed by atoms with van der Waals surface area (Å²) in [5, 5.41) is 20.7. The number of esters is 1. The zero-order valence-electron chi connectivity index (χ0n) is 15.3. The normalized spacial score (nSPS) is 27.6. The quantitative estimate of drug-likeness (QED) is 0.764. The van der Waals surface area contributed by atoms with E-state index in [1.54, 1.807) is 27.7 Å². The van der Waals surface area contributed by atoms with Crippen molar-refractivity contribution in [3.63, 3.8) is 0 Å². The van der Waals surface area contributed by atoms with Gasteiger partial charge in [0.25, 0.3) is 0 Å². The molecular weight excluding hydrogens is 280 g/mol. The van der Waals surface area contributed by atoms with E-state index in [4.69, 9.17) is 4.74 Å². The molecule has 0 heterocycles. The van der Waals surface area contributed by atoms with Crippen LogP contribution in [0.3, 0.4) is 0 Å². The summed E-state index contributed by atoms with van der Waals surface area (Å²) in [6.07, 6.45) is 2.55. The fourth-order valence-corrected chi connectivity index (χ4v) is 2.97. The Bertz CT molecular complexity index is 365. The Morgan fingerprint density at radius 1 is 0.955 bits per heavy atom. The first kappa shape index (κ1) is 19.4. The summed E-state index contributed by atoms with van der Waals surface area (Å²) in [6, 6.07) is 0. The van der Waals surface area contributed by atoms with Gasteiger partial charge < -0.3 is 14.9 Å². The van der Waals surface area contributed by atoms with Gasteiger partial charge in [0.2, 0.25) is 0 Å². The summed E-state index contributed by atoms with van der Waals surface area (Å²) in [6.45, 7) is 12.9. The van der Waals surface area contributed by atoms with Gasteiger partial charge in [0.15, 0.2) is 0 Å². The van der Waals surface area contributed by atoms with Crippen molar-refractivity contribution in [2.75, 3.05) is 0 Å². The summed E-state index contributed by atoms with van der Waals surface area (Å²) < 4.78 is 5.74. The molecule has 0 unspecified atom stereocenters. The highest BCUT2D eigenvalue weighted by molar-refractivity contribution is 5.76. The summed E-state index contributed by atoms with van der Waals surface area (Å²) >= 11 is 0. The molecule has 1 fully saturated rings. The van der Waals surface area contributed by atoms with E-state index in [2.05, 4.69) is 0 Å². The summed E-state index contributed by atoms with van der Waals surface area (Å²) in [7, 11) is 0. The number of carbonyl (C=O) groups is 1. The molecule has 0 bridgehead atoms. The maximum absolute atomic E-state index is 12.3. The van der Waals surface area contributed by atoms with Crippen LogP contribution in [-0.4, -0.2) is 33.5 Å². The molecule has 1 saturated carbocycles. The molecule has 0 aliphatic heterocycles. The van der Waals surface area contributed by atoms with Crippen molar-refractivity contribution in [1.82, 2.24) is 0 Å². The van der Waals surface area contributed by atoms with Gasteiger partial charge in [-0.3, -0.25) is 4.79 Å². The molecule has 0 spiro atoms. The predicted octanol–water partition coefficient (Wildman–Crippen LogP) is 3.29. The van der Waals surface area contributed by atoms with Gasteiger partial charge >= 0.3 is 5.97 Å². The van der Waals surface area contributed by atoms with Crippen LogP contribution in [-0.2, 0) is 9.53 Å². The van der Waals surface area contributed by atoms with Gasteiger partial charge in [-0.1, -0.05) is 6.92 Å². The highest BCUT2D eigenvalue weighted by Crippen LogP contribution is 2.42. The van der Waals surface area contributed by atoms with Crippen molar-refractivity contribution in [3.8, 4) is 0 Å². The minimum Gasteiger partial charge on any atom is -0.462 e. The van der Waals surface area contributed by atoms with Crippen molar-refractivity contribution in [2.24, 2.45) is 17.3 Å². The van der Waals surface area contributed by atoms with Gasteiger partial charge in [0.1, 0.15) is 6.10 Å². The lowest BCUT2D eigenvalue weighted by Crippen LogP contribution is -2.46. The van der Waals surface area contributed by atoms with Crippen LogP contribution in [0.25, 0.3) is 0 Å². The first-order valence-electron chi connectivity index (χ1n) is 8.43. The Morgan fingerprint density at radius 3 is 1.68 bits per heavy atom. The Morgan fingerprint density at radius 2 is 1.36 bits per heavy atom. The zero-order valence-corrected chi connectivity index (χ0v) is 15.3. The van der Waals surface area contributed by atoms with E-state index in [9.17, 15) is 15.0 Å². The Kier molecular flexibility index (Phi) is 5.73. The van der Waals surface area contributed by atoms with Crippen LogP contribution in [0.15, 0.2) is 0 Å². The first-order valence-corrected chi connectivity index (χ1v) is 8.43. The van der Waals surface area contributed by atoms with Crippen LogP contribution in [0.4, 0.5) is 0 Å². The minimum absolute atomic E-state index is 0.0141. The molecule has 0 amide bonds. The fraction of sp³-hybridized carbons (Fsp3) is 0.944. The number of carbonyl (C=O) groups excluding carboxylic acids is 1. The van der Waals surface area contributed by atoms with Gasteiger partial charge in [-0.15, -0.1) is 0 Å². The van der Waals surface area contributed by atoms with Crippen molar-refractivity contribution in [1.29, 1.82) is 0 Å². The second-order valence-electron chi connectivity index (χ2n) is 8.67. The molecule has 22 heavy (non-hydrogen) atoms. The predicted molar refractivity (Wildman–Crippen MR) is 87.4 cm³/mol. The molecule has 1 rings (SSSR count). The van der Waals surface area contributed by atoms with Gasteiger partial charge in [-0.05, 0) is 79.1 Å². The molecule has 0 aromatic heterocycles. The molecule has 2 N–H and O–H groups in total. The van der Waals surface area contributed by atoms with Crippen LogP contribution in [0, 0.1) is 17.3 Å². The lowest BCUT2D eigenvalue weighted by atomic mass is 9.68. The summed E-state index contributed by atoms with van der Waals surface area (Å²) in [4.78, 5) is 12.3. The molecule has 0 aromatic rings. The number of hydrogen-bond donors (Lipinski definition) is 2. The van der Waals surface area contributed by atoms with Gasteiger partial charge in [0, 0.05) is 0 Å². The Labute approximate surface area is 135 Å². The number of hydrogen-bond acceptors (Lipinski definition) is 4. The molecule has 0 radical (unpaired) electrons. The highest BCUT2D eigenvalue weighted by atomic mass is 16.5. The van der Waals surface area contributed by atoms with E-state index in [1.807, 2.05) is 20.8 Å². The molecule has 4 nitrogen and oxygen atoms in total. The zero-order chi connectivity index (χ0) is 17.3. The third-order valence-corrected chi connectivity index (χ3v) is 5.37. The second-order valence-corrected chi connectivity index (χ2v) is 8.67. The third kappa shape index (κ3) is 4.95. The minimum atomic E-state index is -0.838. The Hall–Kier alpha value is -0.610. The summed E-state index contributed by atoms with van der Waals surface area (Å²) in [5.41, 5.74) is -2.17. The Balaban J connectivity index is 2.88. The smallest absolute Gasteiger partial charge is 0.311 e. The van der Waals surface area contributed by atoms with Gasteiger partial charge in [-0.25, -0.2) is 0 Å². The molecular formula is C18H34O4. The largest absolute Gasteiger partial charge is 0.462 e. The highest BCUT2D eigenvalue weighted by Gasteiger charge is 2.43. The van der Waals surface area contributed by atoms with E-state index in [1.165, 1.54) is 0 Å². The van der Waals surface area contributed by atoms with Gasteiger partial charge in [0.05, 0.1) is 16.6 Å². The molecule has 130 valence electrons. The van der Waals surface area contributed by atoms with E-state index in [0.29, 0.717) is 12.8 Å². The van der Waals surface area contributed by atoms with Gasteiger partial charge in [-0.2, -0.15) is 0 Å². The average molecular weight is 314 g/mol. The first-order chi connectivity index (χ1) is 9.77. The molecule has 1 aliphatic rings. The SMILES string of the molecule is CCC(C)(C)C(=O)O[C@H]1C[C@@H](C(C)(C)O)C[C@@H](C(C)(C)O)C1. The van der Waals surface area contributed by atoms with E-state index in [-0.39, 0.29) is 23.9 Å². The van der Waals surface area contributed by atoms with Crippen molar-refractivity contribution < 1.29 is 19.7 Å². The van der Waals surface area contributed by atoms with Crippen LogP contribution in [0.1, 0.15) is 74.1 Å². The lowest BCUT2D eigenvalue weighted by Gasteiger charge is -2.44. The van der Waals surface area contributed by atoms with Crippen LogP contribution < -0.4 is 0 Å². The molecule has 0 aromatic carbocycles. The van der Waals surface area contributed by atoms with E-state index in [0.717, 1.165) is 12.8 Å². The maximum atomic E-state index is 12.3. The molecule has 4 heteroatoms. The van der Waals surface area contributed by atoms with Crippen LogP contribution in [0.2, 0.25) is 0 Å². The second kappa shape index (κ2) is 6.48. The van der Waals surface area contributed by atoms with Crippen LogP contribution in [0.5, 0.6) is 0 Å². The fourth-order valence-electron chi connectivity index (χ4n) is 2.97. The molecule has 0 saturated heterocycles. The molecule has 3 atom stereocenters. The monoisotopic (exact) mass is 314 g/mol. The number of rotatable bonds is 5. The summed E-state index contributed by atoms with van der Waals surface area (Å²) in [5.74, 6) is -0.161. The average Bonchev–Trinajstić information content (AvgIpc) is 2.36. The van der Waals surface area contributed by atoms with Crippen molar-refractivity contribution in [2.45, 2.75) is 91.5 Å². The van der Waals surface area contributed by atoms with Crippen molar-refractivity contribution >= 4 is 5.97 Å². The molecule has 1 aliphatic carbocycles.